The van der Waals surface area contributed by atoms with Gasteiger partial charge in [-0.1, -0.05) is 24.8 Å². The number of carbonyl (C=O) groups excluding carboxylic acids is 2. The molecule has 2 aromatic carbocycles. The molecule has 2 amide bonds. The van der Waals surface area contributed by atoms with Gasteiger partial charge in [-0.05, 0) is 34.9 Å². The molecule has 7 nitrogen and oxygen atoms in total. The quantitative estimate of drug-likeness (QED) is 0.680. The maximum absolute atomic E-state index is 12.7. The topological polar surface area (TPSA) is 101 Å². The Kier molecular flexibility index (Phi) is 3.92. The van der Waals surface area contributed by atoms with Gasteiger partial charge in [0.1, 0.15) is 0 Å². The summed E-state index contributed by atoms with van der Waals surface area (Å²) in [6.45, 7) is 4.17. The van der Waals surface area contributed by atoms with E-state index in [-0.39, 0.29) is 18.0 Å². The molecular formula is C20H18N4O3. The highest BCUT2D eigenvalue weighted by molar-refractivity contribution is 6.02. The van der Waals surface area contributed by atoms with Crippen LogP contribution in [-0.2, 0) is 11.3 Å². The number of nitrogens with two attached hydrogens (primary N) is 1. The highest BCUT2D eigenvalue weighted by Gasteiger charge is 2.30. The highest BCUT2D eigenvalue weighted by atomic mass is 16.5. The molecule has 4 rings (SSSR count). The van der Waals surface area contributed by atoms with Crippen LogP contribution in [0.1, 0.15) is 15.9 Å². The predicted octanol–water partition coefficient (Wildman–Crippen LogP) is 2.24. The lowest BCUT2D eigenvalue weighted by molar-refractivity contribution is -0.114. The average Bonchev–Trinajstić information content (AvgIpc) is 3.22. The molecule has 7 heteroatoms. The van der Waals surface area contributed by atoms with Crippen LogP contribution in [0.2, 0.25) is 0 Å². The van der Waals surface area contributed by atoms with Crippen molar-refractivity contribution in [2.45, 2.75) is 6.54 Å². The van der Waals surface area contributed by atoms with Crippen LogP contribution in [0.4, 0.5) is 0 Å². The Bertz CT molecular complexity index is 1100. The van der Waals surface area contributed by atoms with Crippen LogP contribution in [0.15, 0.2) is 48.6 Å². The van der Waals surface area contributed by atoms with Gasteiger partial charge in [0.25, 0.3) is 5.91 Å². The Hall–Kier alpha value is -3.61. The minimum absolute atomic E-state index is 0.122. The van der Waals surface area contributed by atoms with Gasteiger partial charge in [-0.25, -0.2) is 0 Å². The van der Waals surface area contributed by atoms with Gasteiger partial charge in [-0.2, -0.15) is 0 Å². The third kappa shape index (κ3) is 2.73. The molecule has 136 valence electrons. The van der Waals surface area contributed by atoms with E-state index in [1.54, 1.807) is 18.1 Å². The maximum atomic E-state index is 12.7. The van der Waals surface area contributed by atoms with Crippen molar-refractivity contribution in [3.05, 3.63) is 59.7 Å². The van der Waals surface area contributed by atoms with Crippen LogP contribution < -0.4 is 10.5 Å². The molecule has 27 heavy (non-hydrogen) atoms. The summed E-state index contributed by atoms with van der Waals surface area (Å²) < 4.78 is 5.29. The number of amides is 2. The van der Waals surface area contributed by atoms with Gasteiger partial charge in [0.2, 0.25) is 11.8 Å². The van der Waals surface area contributed by atoms with Crippen molar-refractivity contribution in [3.8, 4) is 17.0 Å². The van der Waals surface area contributed by atoms with E-state index in [9.17, 15) is 9.59 Å². The Morgan fingerprint density at radius 2 is 2.11 bits per heavy atom. The molecule has 0 radical (unpaired) electrons. The number of hydrogen-bond donors (Lipinski definition) is 2. The maximum Gasteiger partial charge on any atom is 0.254 e. The summed E-state index contributed by atoms with van der Waals surface area (Å²) in [6, 6.07) is 11.5. The zero-order valence-electron chi connectivity index (χ0n) is 14.8. The molecule has 1 aromatic heterocycles. The van der Waals surface area contributed by atoms with E-state index in [0.717, 1.165) is 27.6 Å². The Morgan fingerprint density at radius 1 is 1.33 bits per heavy atom. The number of methoxy groups -OCH3 is 1. The summed E-state index contributed by atoms with van der Waals surface area (Å²) in [6.07, 6.45) is 0. The van der Waals surface area contributed by atoms with Crippen molar-refractivity contribution in [1.29, 1.82) is 0 Å². The van der Waals surface area contributed by atoms with Crippen LogP contribution in [-0.4, -0.2) is 40.6 Å². The number of benzene rings is 2. The number of hydrogen-bond acceptors (Lipinski definition) is 4. The molecule has 1 aliphatic heterocycles. The number of aromatic nitrogens is 2. The smallest absolute Gasteiger partial charge is 0.254 e. The lowest BCUT2D eigenvalue weighted by Gasteiger charge is -2.15. The van der Waals surface area contributed by atoms with E-state index in [0.29, 0.717) is 18.0 Å². The minimum Gasteiger partial charge on any atom is -0.480 e. The highest BCUT2D eigenvalue weighted by Crippen LogP contribution is 2.35. The van der Waals surface area contributed by atoms with Gasteiger partial charge < -0.3 is 15.4 Å². The van der Waals surface area contributed by atoms with Crippen LogP contribution in [0, 0.1) is 0 Å². The number of primary amides is 1. The molecule has 0 saturated heterocycles. The fourth-order valence-corrected chi connectivity index (χ4v) is 3.41. The molecule has 3 N–H and O–H groups in total. The third-order valence-electron chi connectivity index (χ3n) is 4.81. The third-order valence-corrected chi connectivity index (χ3v) is 4.81. The number of H-pyrrole nitrogens is 1. The zero-order chi connectivity index (χ0) is 19.1. The van der Waals surface area contributed by atoms with Crippen molar-refractivity contribution in [2.24, 2.45) is 5.73 Å². The Morgan fingerprint density at radius 3 is 2.85 bits per heavy atom. The van der Waals surface area contributed by atoms with Gasteiger partial charge in [0.15, 0.2) is 0 Å². The molecule has 2 heterocycles. The summed E-state index contributed by atoms with van der Waals surface area (Å²) >= 11 is 0. The second-order valence-electron chi connectivity index (χ2n) is 6.45. The first-order valence-electron chi connectivity index (χ1n) is 8.41. The summed E-state index contributed by atoms with van der Waals surface area (Å²) in [5.41, 5.74) is 9.81. The second-order valence-corrected chi connectivity index (χ2v) is 6.45. The van der Waals surface area contributed by atoms with Crippen molar-refractivity contribution in [2.75, 3.05) is 13.7 Å². The second kappa shape index (κ2) is 6.28. The number of ether oxygens (including phenoxy) is 1. The molecule has 1 aliphatic rings. The normalized spacial score (nSPS) is 13.1. The monoisotopic (exact) mass is 362 g/mol. The molecule has 0 saturated carbocycles. The number of fused-ring (bicyclic) bond motifs is 2. The van der Waals surface area contributed by atoms with E-state index < -0.39 is 5.91 Å². The average molecular weight is 362 g/mol. The van der Waals surface area contributed by atoms with E-state index in [1.807, 2.05) is 30.3 Å². The van der Waals surface area contributed by atoms with E-state index in [4.69, 9.17) is 10.5 Å². The summed E-state index contributed by atoms with van der Waals surface area (Å²) in [5, 5.41) is 7.93. The fraction of sp³-hybridized carbons (Fsp3) is 0.150. The summed E-state index contributed by atoms with van der Waals surface area (Å²) in [5.74, 6) is -0.206. The molecule has 3 aromatic rings. The first kappa shape index (κ1) is 16.8. The largest absolute Gasteiger partial charge is 0.480 e. The van der Waals surface area contributed by atoms with Crippen LogP contribution in [0.5, 0.6) is 5.88 Å². The summed E-state index contributed by atoms with van der Waals surface area (Å²) in [4.78, 5) is 25.6. The summed E-state index contributed by atoms with van der Waals surface area (Å²) in [7, 11) is 1.57. The standard InChI is InChI=1S/C20H18N4O3/c1-11(18(21)25)9-24-10-16-13(4-3-5-14(16)20(24)26)12-6-7-17-15(8-12)19(27-2)23-22-17/h3-8H,1,9-10H2,2H3,(H2,21,25)(H,22,23). The molecule has 0 aliphatic carbocycles. The molecule has 0 bridgehead atoms. The van der Waals surface area contributed by atoms with Crippen molar-refractivity contribution >= 4 is 22.7 Å². The van der Waals surface area contributed by atoms with Crippen molar-refractivity contribution < 1.29 is 14.3 Å². The number of carbonyl (C=O) groups is 2. The molecule has 0 spiro atoms. The van der Waals surface area contributed by atoms with Gasteiger partial charge in [-0.15, -0.1) is 5.10 Å². The SMILES string of the molecule is C=C(CN1Cc2c(cccc2-c2ccc3[nH]nc(OC)c3c2)C1=O)C(N)=O. The fourth-order valence-electron chi connectivity index (χ4n) is 3.41. The van der Waals surface area contributed by atoms with E-state index >= 15 is 0 Å². The van der Waals surface area contributed by atoms with E-state index in [1.165, 1.54) is 0 Å². The van der Waals surface area contributed by atoms with Crippen LogP contribution in [0.25, 0.3) is 22.0 Å². The predicted molar refractivity (Wildman–Crippen MR) is 101 cm³/mol. The van der Waals surface area contributed by atoms with Crippen molar-refractivity contribution in [1.82, 2.24) is 15.1 Å². The first-order chi connectivity index (χ1) is 13.0. The van der Waals surface area contributed by atoms with Crippen LogP contribution in [0.3, 0.4) is 0 Å². The molecule has 0 fully saturated rings. The Balaban J connectivity index is 1.75. The van der Waals surface area contributed by atoms with Gasteiger partial charge >= 0.3 is 0 Å². The zero-order valence-corrected chi connectivity index (χ0v) is 14.8. The van der Waals surface area contributed by atoms with Gasteiger partial charge in [0, 0.05) is 17.7 Å². The Labute approximate surface area is 155 Å². The molecular weight excluding hydrogens is 344 g/mol. The number of aromatic amines is 1. The molecule has 0 unspecified atom stereocenters. The number of nitrogens with zero attached hydrogens (tertiary/aromatic N) is 2. The minimum atomic E-state index is -0.600. The lowest BCUT2D eigenvalue weighted by atomic mass is 9.96. The number of nitrogens with one attached hydrogen (secondary N) is 1. The number of rotatable bonds is 5. The van der Waals surface area contributed by atoms with Crippen molar-refractivity contribution in [3.63, 3.8) is 0 Å². The van der Waals surface area contributed by atoms with Gasteiger partial charge in [0.05, 0.1) is 24.6 Å². The van der Waals surface area contributed by atoms with E-state index in [2.05, 4.69) is 16.8 Å². The lowest BCUT2D eigenvalue weighted by Crippen LogP contribution is -2.30. The van der Waals surface area contributed by atoms with Gasteiger partial charge in [-0.3, -0.25) is 14.7 Å². The van der Waals surface area contributed by atoms with Crippen LogP contribution >= 0.6 is 0 Å². The molecule has 0 atom stereocenters. The first-order valence-corrected chi connectivity index (χ1v) is 8.41.